The van der Waals surface area contributed by atoms with E-state index in [-0.39, 0.29) is 25.1 Å². The van der Waals surface area contributed by atoms with E-state index in [2.05, 4.69) is 50.4 Å². The van der Waals surface area contributed by atoms with Crippen molar-refractivity contribution in [1.82, 2.24) is 5.32 Å². The monoisotopic (exact) mass is 1120 g/mol. The van der Waals surface area contributed by atoms with Gasteiger partial charge in [0.2, 0.25) is 5.91 Å². The highest BCUT2D eigenvalue weighted by atomic mass is 31.2. The number of hydrogen-bond donors (Lipinski definition) is 2. The zero-order valence-electron chi connectivity index (χ0n) is 52.7. The minimum Gasteiger partial charge on any atom is -0.456 e. The van der Waals surface area contributed by atoms with Crippen molar-refractivity contribution < 1.29 is 37.3 Å². The van der Waals surface area contributed by atoms with Gasteiger partial charge in [0, 0.05) is 12.8 Å². The fraction of sp³-hybridized carbons (Fsp3) is 0.882. The zero-order valence-corrected chi connectivity index (χ0v) is 53.6. The molecule has 0 aliphatic rings. The summed E-state index contributed by atoms with van der Waals surface area (Å²) in [7, 11) is 1.51. The Morgan fingerprint density at radius 1 is 0.436 bits per heavy atom. The summed E-state index contributed by atoms with van der Waals surface area (Å²) in [6, 6.07) is -0.847. The van der Waals surface area contributed by atoms with Crippen LogP contribution in [0.3, 0.4) is 0 Å². The van der Waals surface area contributed by atoms with Gasteiger partial charge in [-0.2, -0.15) is 0 Å². The molecular formula is C68H132N2O7P+. The van der Waals surface area contributed by atoms with Crippen LogP contribution in [0.15, 0.2) is 36.5 Å². The average Bonchev–Trinajstić information content (AvgIpc) is 3.40. The first-order chi connectivity index (χ1) is 37.9. The smallest absolute Gasteiger partial charge is 0.456 e. The lowest BCUT2D eigenvalue weighted by Gasteiger charge is -2.27. The Labute approximate surface area is 485 Å². The third-order valence-electron chi connectivity index (χ3n) is 15.3. The van der Waals surface area contributed by atoms with E-state index in [4.69, 9.17) is 13.8 Å². The van der Waals surface area contributed by atoms with Gasteiger partial charge in [0.05, 0.1) is 33.8 Å². The topological polar surface area (TPSA) is 111 Å². The first-order valence-electron chi connectivity index (χ1n) is 33.8. The molecule has 0 aromatic heterocycles. The SMILES string of the molecule is CCCCCCCC/C=C/CCCCCCCCCCCCCC(=O)OC(/C=C/CCCCCCCCCCCC)C(COP(=O)(O)OCC[N+](C)(C)C)NC(=O)CCCCCCCCCCC/C=C/CCCCCCCC. The number of quaternary nitrogens is 1. The molecule has 0 rings (SSSR count). The van der Waals surface area contributed by atoms with Gasteiger partial charge < -0.3 is 19.4 Å². The Hall–Kier alpha value is -1.77. The Bertz CT molecular complexity index is 1430. The van der Waals surface area contributed by atoms with Crippen LogP contribution in [0.5, 0.6) is 0 Å². The highest BCUT2D eigenvalue weighted by Crippen LogP contribution is 2.43. The number of esters is 1. The molecule has 0 aliphatic heterocycles. The number of rotatable bonds is 62. The lowest BCUT2D eigenvalue weighted by atomic mass is 10.0. The highest BCUT2D eigenvalue weighted by molar-refractivity contribution is 7.47. The number of phosphoric acid groups is 1. The second-order valence-corrected chi connectivity index (χ2v) is 25.8. The van der Waals surface area contributed by atoms with Crippen molar-refractivity contribution in [3.05, 3.63) is 36.5 Å². The van der Waals surface area contributed by atoms with Gasteiger partial charge in [0.25, 0.3) is 0 Å². The summed E-state index contributed by atoms with van der Waals surface area (Å²) in [5, 5.41) is 3.07. The zero-order chi connectivity index (χ0) is 57.2. The third kappa shape index (κ3) is 58.9. The van der Waals surface area contributed by atoms with Gasteiger partial charge >= 0.3 is 13.8 Å². The largest absolute Gasteiger partial charge is 0.472 e. The number of hydrogen-bond acceptors (Lipinski definition) is 6. The van der Waals surface area contributed by atoms with Crippen molar-refractivity contribution in [2.75, 3.05) is 40.9 Å². The Morgan fingerprint density at radius 3 is 1.09 bits per heavy atom. The molecule has 10 heteroatoms. The summed E-state index contributed by atoms with van der Waals surface area (Å²) in [4.78, 5) is 37.8. The summed E-state index contributed by atoms with van der Waals surface area (Å²) in [5.74, 6) is -0.493. The number of allylic oxidation sites excluding steroid dienone is 5. The molecule has 2 N–H and O–H groups in total. The molecule has 0 bridgehead atoms. The second-order valence-electron chi connectivity index (χ2n) is 24.3. The number of carbonyl (C=O) groups is 2. The maximum atomic E-state index is 13.6. The van der Waals surface area contributed by atoms with Crippen molar-refractivity contribution >= 4 is 19.7 Å². The molecule has 0 saturated carbocycles. The summed E-state index contributed by atoms with van der Waals surface area (Å²) >= 11 is 0. The molecule has 0 spiro atoms. The van der Waals surface area contributed by atoms with E-state index < -0.39 is 20.0 Å². The van der Waals surface area contributed by atoms with Gasteiger partial charge in [0.15, 0.2) is 0 Å². The van der Waals surface area contributed by atoms with Crippen LogP contribution in [0.1, 0.15) is 335 Å². The molecule has 0 aromatic carbocycles. The van der Waals surface area contributed by atoms with Crippen molar-refractivity contribution in [2.45, 2.75) is 348 Å². The van der Waals surface area contributed by atoms with E-state index in [1.807, 2.05) is 33.3 Å². The Kier molecular flexibility index (Phi) is 57.1. The predicted octanol–water partition coefficient (Wildman–Crippen LogP) is 21.1. The lowest BCUT2D eigenvalue weighted by molar-refractivity contribution is -0.870. The van der Waals surface area contributed by atoms with E-state index in [1.54, 1.807) is 0 Å². The summed E-state index contributed by atoms with van der Waals surface area (Å²) in [6.45, 7) is 7.05. The normalized spacial score (nSPS) is 13.8. The van der Waals surface area contributed by atoms with Crippen molar-refractivity contribution in [1.29, 1.82) is 0 Å². The van der Waals surface area contributed by atoms with Crippen LogP contribution in [0.4, 0.5) is 0 Å². The van der Waals surface area contributed by atoms with Gasteiger partial charge in [-0.05, 0) is 83.1 Å². The number of unbranched alkanes of at least 4 members (excludes halogenated alkanes) is 42. The Morgan fingerprint density at radius 2 is 0.744 bits per heavy atom. The molecule has 0 fully saturated rings. The average molecular weight is 1120 g/mol. The minimum atomic E-state index is -4.45. The molecule has 0 aromatic rings. The molecule has 1 amide bonds. The van der Waals surface area contributed by atoms with Gasteiger partial charge in [-0.3, -0.25) is 18.6 Å². The number of amides is 1. The molecule has 0 radical (unpaired) electrons. The van der Waals surface area contributed by atoms with Crippen LogP contribution >= 0.6 is 7.82 Å². The molecule has 9 nitrogen and oxygen atoms in total. The molecular weight excluding hydrogens is 988 g/mol. The number of carbonyl (C=O) groups excluding carboxylic acids is 2. The molecule has 0 aliphatic carbocycles. The number of phosphoric ester groups is 1. The lowest BCUT2D eigenvalue weighted by Crippen LogP contribution is -2.47. The van der Waals surface area contributed by atoms with Crippen LogP contribution in [-0.4, -0.2) is 74.3 Å². The third-order valence-corrected chi connectivity index (χ3v) is 16.3. The van der Waals surface area contributed by atoms with Crippen LogP contribution in [0, 0.1) is 0 Å². The summed E-state index contributed by atoms with van der Waals surface area (Å²) in [5.41, 5.74) is 0. The molecule has 3 unspecified atom stereocenters. The minimum absolute atomic E-state index is 0.0418. The van der Waals surface area contributed by atoms with Gasteiger partial charge in [-0.15, -0.1) is 0 Å². The first-order valence-corrected chi connectivity index (χ1v) is 35.3. The molecule has 3 atom stereocenters. The van der Waals surface area contributed by atoms with E-state index in [1.165, 1.54) is 244 Å². The van der Waals surface area contributed by atoms with Gasteiger partial charge in [0.1, 0.15) is 19.3 Å². The van der Waals surface area contributed by atoms with Crippen molar-refractivity contribution in [3.8, 4) is 0 Å². The van der Waals surface area contributed by atoms with Crippen LogP contribution in [0.2, 0.25) is 0 Å². The predicted molar refractivity (Wildman–Crippen MR) is 337 cm³/mol. The Balaban J connectivity index is 5.14. The fourth-order valence-corrected chi connectivity index (χ4v) is 10.8. The van der Waals surface area contributed by atoms with Crippen molar-refractivity contribution in [3.63, 3.8) is 0 Å². The standard InChI is InChI=1S/C68H131N2O7P/c1-7-10-13-16-19-22-25-28-30-32-34-35-37-39-41-43-46-49-52-55-58-61-68(72)77-66(59-56-53-50-47-44-27-24-21-18-15-12-9-3)65(64-76-78(73,74)75-63-62-70(4,5)6)69-67(71)60-57-54-51-48-45-42-40-38-36-33-31-29-26-23-20-17-14-11-8-2/h28-31,56,59,65-66H,7-27,32-55,57-58,60-64H2,1-6H3,(H-,69,71,73,74)/p+1/b30-28+,31-29+,59-56+. The number of nitrogens with one attached hydrogen (secondary N) is 1. The van der Waals surface area contributed by atoms with E-state index in [0.29, 0.717) is 23.9 Å². The van der Waals surface area contributed by atoms with Gasteiger partial charge in [-0.25, -0.2) is 4.57 Å². The summed E-state index contributed by atoms with van der Waals surface area (Å²) < 4.78 is 30.8. The van der Waals surface area contributed by atoms with Crippen LogP contribution in [-0.2, 0) is 27.9 Å². The number of ether oxygens (including phenoxy) is 1. The highest BCUT2D eigenvalue weighted by Gasteiger charge is 2.30. The quantitative estimate of drug-likeness (QED) is 0.0205. The molecule has 78 heavy (non-hydrogen) atoms. The first kappa shape index (κ1) is 76.2. The second kappa shape index (κ2) is 58.4. The van der Waals surface area contributed by atoms with Gasteiger partial charge in [-0.1, -0.05) is 276 Å². The van der Waals surface area contributed by atoms with Crippen LogP contribution in [0.25, 0.3) is 0 Å². The number of nitrogens with zero attached hydrogens (tertiary/aromatic N) is 1. The van der Waals surface area contributed by atoms with E-state index >= 15 is 0 Å². The molecule has 0 saturated heterocycles. The maximum absolute atomic E-state index is 13.6. The van der Waals surface area contributed by atoms with Crippen molar-refractivity contribution in [2.24, 2.45) is 0 Å². The fourth-order valence-electron chi connectivity index (χ4n) is 10.0. The maximum Gasteiger partial charge on any atom is 0.472 e. The van der Waals surface area contributed by atoms with E-state index in [9.17, 15) is 19.0 Å². The number of likely N-dealkylation sites (N-methyl/N-ethyl adjacent to an activating group) is 1. The molecule has 0 heterocycles. The summed E-state index contributed by atoms with van der Waals surface area (Å²) in [6.07, 6.45) is 71.4. The van der Waals surface area contributed by atoms with E-state index in [0.717, 1.165) is 57.8 Å². The van der Waals surface area contributed by atoms with Crippen LogP contribution < -0.4 is 5.32 Å². The molecule has 460 valence electrons.